The second-order valence-electron chi connectivity index (χ2n) is 3.60. The Hall–Kier alpha value is -1.59. The van der Waals surface area contributed by atoms with Gasteiger partial charge in [0, 0.05) is 6.20 Å². The molecular formula is C11H12F3NO2. The Balaban J connectivity index is 2.89. The van der Waals surface area contributed by atoms with Crippen molar-refractivity contribution in [2.75, 3.05) is 7.11 Å². The average Bonchev–Trinajstić information content (AvgIpc) is 2.27. The molecule has 1 unspecified atom stereocenters. The Kier molecular flexibility index (Phi) is 4.09. The minimum absolute atomic E-state index is 0.0893. The van der Waals surface area contributed by atoms with Gasteiger partial charge in [0.05, 0.1) is 25.1 Å². The maximum Gasteiger partial charge on any atom is 0.395 e. The van der Waals surface area contributed by atoms with Crippen molar-refractivity contribution >= 4 is 5.97 Å². The lowest BCUT2D eigenvalue weighted by atomic mass is 10.0. The quantitative estimate of drug-likeness (QED) is 0.770. The highest BCUT2D eigenvalue weighted by Gasteiger charge is 2.37. The third-order valence-corrected chi connectivity index (χ3v) is 2.38. The fourth-order valence-corrected chi connectivity index (χ4v) is 1.27. The standard InChI is InChI=1S/C11H12F3NO2/c1-7(11(12,13)14)8-3-4-15-9(5-8)6-10(16)17-2/h3-5,7H,6H2,1-2H3. The molecule has 0 spiro atoms. The molecule has 1 atom stereocenters. The van der Waals surface area contributed by atoms with Crippen LogP contribution in [0.5, 0.6) is 0 Å². The third kappa shape index (κ3) is 3.72. The molecule has 1 aromatic rings. The molecule has 0 aromatic carbocycles. The van der Waals surface area contributed by atoms with Crippen LogP contribution in [0, 0.1) is 0 Å². The van der Waals surface area contributed by atoms with Crippen molar-refractivity contribution in [2.45, 2.75) is 25.4 Å². The Morgan fingerprint density at radius 3 is 2.71 bits per heavy atom. The normalized spacial score (nSPS) is 13.2. The molecule has 6 heteroatoms. The number of carbonyl (C=O) groups is 1. The number of nitrogens with zero attached hydrogens (tertiary/aromatic N) is 1. The van der Waals surface area contributed by atoms with E-state index >= 15 is 0 Å². The molecule has 17 heavy (non-hydrogen) atoms. The first-order chi connectivity index (χ1) is 7.84. The lowest BCUT2D eigenvalue weighted by Crippen LogP contribution is -2.18. The molecule has 0 saturated carbocycles. The molecule has 0 aliphatic heterocycles. The zero-order chi connectivity index (χ0) is 13.1. The SMILES string of the molecule is COC(=O)Cc1cc(C(C)C(F)(F)F)ccn1. The molecule has 0 fully saturated rings. The average molecular weight is 247 g/mol. The zero-order valence-electron chi connectivity index (χ0n) is 9.41. The number of carbonyl (C=O) groups excluding carboxylic acids is 1. The molecule has 3 nitrogen and oxygen atoms in total. The second-order valence-corrected chi connectivity index (χ2v) is 3.60. The van der Waals surface area contributed by atoms with E-state index in [0.29, 0.717) is 0 Å². The van der Waals surface area contributed by atoms with Gasteiger partial charge in [-0.15, -0.1) is 0 Å². The molecule has 0 N–H and O–H groups in total. The molecule has 1 heterocycles. The minimum atomic E-state index is -4.30. The molecule has 0 saturated heterocycles. The highest BCUT2D eigenvalue weighted by Crippen LogP contribution is 2.34. The van der Waals surface area contributed by atoms with Gasteiger partial charge in [0.15, 0.2) is 0 Å². The molecule has 0 aliphatic rings. The first-order valence-electron chi connectivity index (χ1n) is 4.93. The molecule has 94 valence electrons. The monoisotopic (exact) mass is 247 g/mol. The summed E-state index contributed by atoms with van der Waals surface area (Å²) in [6, 6.07) is 2.56. The summed E-state index contributed by atoms with van der Waals surface area (Å²) in [5.41, 5.74) is 0.358. The summed E-state index contributed by atoms with van der Waals surface area (Å²) in [5.74, 6) is -2.11. The number of ether oxygens (including phenoxy) is 1. The van der Waals surface area contributed by atoms with Crippen LogP contribution in [0.25, 0.3) is 0 Å². The van der Waals surface area contributed by atoms with Gasteiger partial charge in [-0.1, -0.05) is 0 Å². The van der Waals surface area contributed by atoms with Gasteiger partial charge >= 0.3 is 12.1 Å². The zero-order valence-corrected chi connectivity index (χ0v) is 9.41. The van der Waals surface area contributed by atoms with Crippen LogP contribution in [0.1, 0.15) is 24.1 Å². The van der Waals surface area contributed by atoms with Crippen molar-refractivity contribution in [1.82, 2.24) is 4.98 Å². The van der Waals surface area contributed by atoms with Crippen LogP contribution in [-0.4, -0.2) is 24.2 Å². The lowest BCUT2D eigenvalue weighted by molar-refractivity contribution is -0.146. The van der Waals surface area contributed by atoms with Crippen molar-refractivity contribution in [3.8, 4) is 0 Å². The Morgan fingerprint density at radius 2 is 2.18 bits per heavy atom. The van der Waals surface area contributed by atoms with Crippen LogP contribution in [0.2, 0.25) is 0 Å². The van der Waals surface area contributed by atoms with Gasteiger partial charge < -0.3 is 4.74 Å². The van der Waals surface area contributed by atoms with E-state index in [0.717, 1.165) is 6.92 Å². The van der Waals surface area contributed by atoms with Crippen LogP contribution in [0.3, 0.4) is 0 Å². The number of methoxy groups -OCH3 is 1. The summed E-state index contributed by atoms with van der Waals surface area (Å²) in [4.78, 5) is 14.8. The molecular weight excluding hydrogens is 235 g/mol. The van der Waals surface area contributed by atoms with Crippen molar-refractivity contribution in [3.63, 3.8) is 0 Å². The predicted molar refractivity (Wildman–Crippen MR) is 54.4 cm³/mol. The first-order valence-corrected chi connectivity index (χ1v) is 4.93. The number of rotatable bonds is 3. The summed E-state index contributed by atoms with van der Waals surface area (Å²) in [6.45, 7) is 1.07. The highest BCUT2D eigenvalue weighted by molar-refractivity contribution is 5.71. The van der Waals surface area contributed by atoms with Crippen molar-refractivity contribution in [2.24, 2.45) is 0 Å². The van der Waals surface area contributed by atoms with Gasteiger partial charge in [-0.3, -0.25) is 9.78 Å². The molecule has 1 aromatic heterocycles. The van der Waals surface area contributed by atoms with E-state index in [4.69, 9.17) is 0 Å². The van der Waals surface area contributed by atoms with E-state index in [9.17, 15) is 18.0 Å². The van der Waals surface area contributed by atoms with Crippen LogP contribution in [-0.2, 0) is 16.0 Å². The number of esters is 1. The molecule has 0 bridgehead atoms. The van der Waals surface area contributed by atoms with E-state index in [1.807, 2.05) is 0 Å². The Bertz CT molecular complexity index is 404. The van der Waals surface area contributed by atoms with Crippen LogP contribution >= 0.6 is 0 Å². The van der Waals surface area contributed by atoms with Crippen LogP contribution in [0.15, 0.2) is 18.3 Å². The summed E-state index contributed by atoms with van der Waals surface area (Å²) in [5, 5.41) is 0. The van der Waals surface area contributed by atoms with E-state index in [2.05, 4.69) is 9.72 Å². The van der Waals surface area contributed by atoms with Gasteiger partial charge in [-0.25, -0.2) is 0 Å². The summed E-state index contributed by atoms with van der Waals surface area (Å²) in [6.07, 6.45) is -3.17. The van der Waals surface area contributed by atoms with Crippen molar-refractivity contribution in [3.05, 3.63) is 29.6 Å². The summed E-state index contributed by atoms with van der Waals surface area (Å²) < 4.78 is 41.9. The van der Waals surface area contributed by atoms with Gasteiger partial charge in [0.25, 0.3) is 0 Å². The minimum Gasteiger partial charge on any atom is -0.469 e. The summed E-state index contributed by atoms with van der Waals surface area (Å²) in [7, 11) is 1.21. The third-order valence-electron chi connectivity index (χ3n) is 2.38. The highest BCUT2D eigenvalue weighted by atomic mass is 19.4. The molecule has 1 rings (SSSR count). The number of halogens is 3. The van der Waals surface area contributed by atoms with Gasteiger partial charge in [0.2, 0.25) is 0 Å². The first kappa shape index (κ1) is 13.5. The molecule has 0 aliphatic carbocycles. The van der Waals surface area contributed by atoms with E-state index in [1.54, 1.807) is 0 Å². The fraction of sp³-hybridized carbons (Fsp3) is 0.455. The number of pyridine rings is 1. The Labute approximate surface area is 96.6 Å². The Morgan fingerprint density at radius 1 is 1.53 bits per heavy atom. The lowest BCUT2D eigenvalue weighted by Gasteiger charge is -2.16. The predicted octanol–water partition coefficient (Wildman–Crippen LogP) is 2.46. The van der Waals surface area contributed by atoms with Gasteiger partial charge in [-0.2, -0.15) is 13.2 Å². The van der Waals surface area contributed by atoms with E-state index in [1.165, 1.54) is 25.4 Å². The summed E-state index contributed by atoms with van der Waals surface area (Å²) >= 11 is 0. The van der Waals surface area contributed by atoms with E-state index in [-0.39, 0.29) is 17.7 Å². The fourth-order valence-electron chi connectivity index (χ4n) is 1.27. The van der Waals surface area contributed by atoms with Crippen LogP contribution in [0.4, 0.5) is 13.2 Å². The van der Waals surface area contributed by atoms with Gasteiger partial charge in [-0.05, 0) is 24.6 Å². The molecule has 0 radical (unpaired) electrons. The van der Waals surface area contributed by atoms with Crippen LogP contribution < -0.4 is 0 Å². The van der Waals surface area contributed by atoms with Crippen molar-refractivity contribution < 1.29 is 22.7 Å². The maximum atomic E-state index is 12.5. The van der Waals surface area contributed by atoms with Crippen molar-refractivity contribution in [1.29, 1.82) is 0 Å². The number of hydrogen-bond donors (Lipinski definition) is 0. The van der Waals surface area contributed by atoms with E-state index < -0.39 is 18.1 Å². The topological polar surface area (TPSA) is 39.2 Å². The molecule has 0 amide bonds. The van der Waals surface area contributed by atoms with Gasteiger partial charge in [0.1, 0.15) is 0 Å². The number of alkyl halides is 3. The second kappa shape index (κ2) is 5.16. The maximum absolute atomic E-state index is 12.5. The largest absolute Gasteiger partial charge is 0.469 e. The number of hydrogen-bond acceptors (Lipinski definition) is 3. The number of aromatic nitrogens is 1. The smallest absolute Gasteiger partial charge is 0.395 e.